The SMILES string of the molecule is NCC1CCC(C(=O)C[C@@H](Cc2cccc(-c3ccc(C(=O)N4CCN(CCO)CC4)cc3)c2)C(=O)Nc2ccc(-c3nn[nH]n3)cc2)CC1. The number of aliphatic hydroxyl groups excluding tert-OH is 1. The van der Waals surface area contributed by atoms with E-state index in [1.165, 1.54) is 0 Å². The molecule has 1 aliphatic heterocycles. The lowest BCUT2D eigenvalue weighted by Crippen LogP contribution is -2.49. The molecule has 2 amide bonds. The van der Waals surface area contributed by atoms with Gasteiger partial charge in [-0.25, -0.2) is 0 Å². The van der Waals surface area contributed by atoms with Crippen LogP contribution in [0, 0.1) is 17.8 Å². The van der Waals surface area contributed by atoms with Crippen LogP contribution < -0.4 is 11.1 Å². The number of piperazine rings is 1. The molecular weight excluding hydrogens is 632 g/mol. The van der Waals surface area contributed by atoms with Crippen molar-refractivity contribution in [1.29, 1.82) is 0 Å². The van der Waals surface area contributed by atoms with Gasteiger partial charge in [0, 0.05) is 67.8 Å². The van der Waals surface area contributed by atoms with E-state index in [4.69, 9.17) is 5.73 Å². The molecule has 6 rings (SSSR count). The minimum atomic E-state index is -0.556. The van der Waals surface area contributed by atoms with Crippen LogP contribution in [-0.2, 0) is 16.0 Å². The molecule has 2 fully saturated rings. The highest BCUT2D eigenvalue weighted by Gasteiger charge is 2.30. The van der Waals surface area contributed by atoms with Crippen molar-refractivity contribution in [3.8, 4) is 22.5 Å². The minimum Gasteiger partial charge on any atom is -0.395 e. The highest BCUT2D eigenvalue weighted by Crippen LogP contribution is 2.31. The van der Waals surface area contributed by atoms with Crippen LogP contribution in [0.15, 0.2) is 72.8 Å². The third-order valence-corrected chi connectivity index (χ3v) is 10.2. The molecule has 1 saturated heterocycles. The number of nitrogens with one attached hydrogen (secondary N) is 2. The summed E-state index contributed by atoms with van der Waals surface area (Å²) >= 11 is 0. The summed E-state index contributed by atoms with van der Waals surface area (Å²) < 4.78 is 0. The molecule has 0 radical (unpaired) electrons. The van der Waals surface area contributed by atoms with E-state index in [1.807, 2.05) is 59.5 Å². The first kappa shape index (κ1) is 35.1. The fraction of sp³-hybridized carbons (Fsp3) is 0.421. The van der Waals surface area contributed by atoms with E-state index >= 15 is 0 Å². The Hall–Kier alpha value is -4.78. The van der Waals surface area contributed by atoms with Crippen molar-refractivity contribution in [2.45, 2.75) is 38.5 Å². The van der Waals surface area contributed by atoms with Crippen LogP contribution in [0.25, 0.3) is 22.5 Å². The first-order valence-corrected chi connectivity index (χ1v) is 17.6. The number of amides is 2. The summed E-state index contributed by atoms with van der Waals surface area (Å²) in [7, 11) is 0. The molecule has 12 nitrogen and oxygen atoms in total. The number of hydrogen-bond acceptors (Lipinski definition) is 9. The molecule has 1 atom stereocenters. The fourth-order valence-corrected chi connectivity index (χ4v) is 7.08. The van der Waals surface area contributed by atoms with E-state index < -0.39 is 5.92 Å². The summed E-state index contributed by atoms with van der Waals surface area (Å²) in [6.07, 6.45) is 4.11. The zero-order valence-corrected chi connectivity index (χ0v) is 28.3. The number of Topliss-reactive ketones (excluding diaryl/α,β-unsaturated/α-hetero) is 1. The van der Waals surface area contributed by atoms with Crippen LogP contribution in [-0.4, -0.2) is 99.0 Å². The molecule has 1 aliphatic carbocycles. The molecule has 262 valence electrons. The second kappa shape index (κ2) is 16.8. The number of aromatic amines is 1. The summed E-state index contributed by atoms with van der Waals surface area (Å²) in [5, 5.41) is 26.3. The molecule has 1 aromatic heterocycles. The number of benzene rings is 3. The lowest BCUT2D eigenvalue weighted by Gasteiger charge is -2.34. The van der Waals surface area contributed by atoms with Crippen LogP contribution in [0.5, 0.6) is 0 Å². The van der Waals surface area contributed by atoms with E-state index in [-0.39, 0.29) is 36.5 Å². The van der Waals surface area contributed by atoms with Gasteiger partial charge in [0.1, 0.15) is 5.78 Å². The van der Waals surface area contributed by atoms with Crippen LogP contribution >= 0.6 is 0 Å². The molecule has 0 bridgehead atoms. The van der Waals surface area contributed by atoms with Crippen molar-refractivity contribution < 1.29 is 19.5 Å². The lowest BCUT2D eigenvalue weighted by atomic mass is 9.77. The highest BCUT2D eigenvalue weighted by molar-refractivity contribution is 5.96. The summed E-state index contributed by atoms with van der Waals surface area (Å²) in [5.41, 5.74) is 10.8. The highest BCUT2D eigenvalue weighted by atomic mass is 16.3. The van der Waals surface area contributed by atoms with Gasteiger partial charge in [0.25, 0.3) is 5.91 Å². The van der Waals surface area contributed by atoms with Crippen molar-refractivity contribution in [3.05, 3.63) is 83.9 Å². The Morgan fingerprint density at radius 1 is 0.900 bits per heavy atom. The Labute approximate surface area is 292 Å². The van der Waals surface area contributed by atoms with Gasteiger partial charge in [0.05, 0.1) is 6.61 Å². The Morgan fingerprint density at radius 2 is 1.62 bits per heavy atom. The second-order valence-corrected chi connectivity index (χ2v) is 13.5. The fourth-order valence-electron chi connectivity index (χ4n) is 7.08. The van der Waals surface area contributed by atoms with Crippen molar-refractivity contribution >= 4 is 23.3 Å². The number of nitrogens with two attached hydrogens (primary N) is 1. The van der Waals surface area contributed by atoms with Gasteiger partial charge >= 0.3 is 0 Å². The number of nitrogens with zero attached hydrogens (tertiary/aromatic N) is 5. The van der Waals surface area contributed by atoms with Crippen LogP contribution in [0.2, 0.25) is 0 Å². The summed E-state index contributed by atoms with van der Waals surface area (Å²) in [6.45, 7) is 4.19. The molecule has 1 saturated carbocycles. The molecule has 12 heteroatoms. The van der Waals surface area contributed by atoms with Gasteiger partial charge < -0.3 is 21.1 Å². The summed E-state index contributed by atoms with van der Waals surface area (Å²) in [5.74, 6) is 0.278. The smallest absolute Gasteiger partial charge is 0.253 e. The predicted molar refractivity (Wildman–Crippen MR) is 191 cm³/mol. The number of aromatic nitrogens is 4. The van der Waals surface area contributed by atoms with E-state index in [0.29, 0.717) is 55.6 Å². The zero-order valence-electron chi connectivity index (χ0n) is 28.3. The monoisotopic (exact) mass is 678 g/mol. The van der Waals surface area contributed by atoms with Crippen molar-refractivity contribution in [3.63, 3.8) is 0 Å². The predicted octanol–water partition coefficient (Wildman–Crippen LogP) is 3.81. The van der Waals surface area contributed by atoms with Crippen LogP contribution in [0.1, 0.15) is 48.0 Å². The van der Waals surface area contributed by atoms with Crippen LogP contribution in [0.3, 0.4) is 0 Å². The molecule has 2 aliphatic rings. The van der Waals surface area contributed by atoms with Gasteiger partial charge in [0.2, 0.25) is 11.7 Å². The third-order valence-electron chi connectivity index (χ3n) is 10.2. The number of ketones is 1. The van der Waals surface area contributed by atoms with E-state index in [1.54, 1.807) is 12.1 Å². The van der Waals surface area contributed by atoms with Gasteiger partial charge in [-0.3, -0.25) is 19.3 Å². The molecule has 50 heavy (non-hydrogen) atoms. The third kappa shape index (κ3) is 8.87. The largest absolute Gasteiger partial charge is 0.395 e. The molecule has 3 aromatic carbocycles. The van der Waals surface area contributed by atoms with Crippen molar-refractivity contribution in [1.82, 2.24) is 30.4 Å². The Balaban J connectivity index is 1.14. The van der Waals surface area contributed by atoms with Crippen LogP contribution in [0.4, 0.5) is 5.69 Å². The minimum absolute atomic E-state index is 0.00781. The molecule has 4 aromatic rings. The zero-order chi connectivity index (χ0) is 34.9. The van der Waals surface area contributed by atoms with E-state index in [2.05, 4.69) is 36.9 Å². The number of H-pyrrole nitrogens is 1. The normalized spacial score (nSPS) is 18.8. The first-order chi connectivity index (χ1) is 24.4. The molecular formula is C38H46N8O4. The quantitative estimate of drug-likeness (QED) is 0.164. The molecule has 0 spiro atoms. The number of carbonyl (C=O) groups is 3. The first-order valence-electron chi connectivity index (χ1n) is 17.6. The van der Waals surface area contributed by atoms with E-state index in [9.17, 15) is 19.5 Å². The topological polar surface area (TPSA) is 170 Å². The van der Waals surface area contributed by atoms with Crippen molar-refractivity contribution in [2.24, 2.45) is 23.5 Å². The Morgan fingerprint density at radius 3 is 2.28 bits per heavy atom. The summed E-state index contributed by atoms with van der Waals surface area (Å²) in [6, 6.07) is 22.9. The number of aliphatic hydroxyl groups is 1. The molecule has 5 N–H and O–H groups in total. The summed E-state index contributed by atoms with van der Waals surface area (Å²) in [4.78, 5) is 44.6. The number of hydrogen-bond donors (Lipinski definition) is 4. The number of tetrazole rings is 1. The average molecular weight is 679 g/mol. The number of rotatable bonds is 13. The maximum absolute atomic E-state index is 13.8. The van der Waals surface area contributed by atoms with Crippen molar-refractivity contribution in [2.75, 3.05) is 51.2 Å². The van der Waals surface area contributed by atoms with Gasteiger partial charge in [-0.2, -0.15) is 5.21 Å². The second-order valence-electron chi connectivity index (χ2n) is 13.5. The maximum atomic E-state index is 13.8. The Bertz CT molecular complexity index is 1710. The van der Waals surface area contributed by atoms with Gasteiger partial charge in [-0.05, 0) is 103 Å². The lowest BCUT2D eigenvalue weighted by molar-refractivity contribution is -0.129. The molecule has 0 unspecified atom stereocenters. The molecule has 2 heterocycles. The number of β-amino-alcohol motifs (C(OH)–C–C–N with tert-alkyl or cyclic N) is 1. The van der Waals surface area contributed by atoms with Gasteiger partial charge in [-0.15, -0.1) is 10.2 Å². The average Bonchev–Trinajstić information content (AvgIpc) is 3.71. The number of carbonyl (C=O) groups excluding carboxylic acids is 3. The van der Waals surface area contributed by atoms with Gasteiger partial charge in [0.15, 0.2) is 0 Å². The maximum Gasteiger partial charge on any atom is 0.253 e. The standard InChI is InChI=1S/C38H46N8O4/c39-25-26-4-6-29(7-5-26)35(48)24-33(37(49)40-34-14-12-30(13-15-34)36-41-43-44-42-36)23-27-2-1-3-32(22-27)28-8-10-31(11-9-28)38(50)46-18-16-45(17-19-46)20-21-47/h1-3,8-15,22,26,29,33,47H,4-7,16-21,23-25,39H2,(H,40,49)(H,41,42,43,44)/t26?,29?,33-/m1/s1. The van der Waals surface area contributed by atoms with E-state index in [0.717, 1.165) is 61.0 Å². The van der Waals surface area contributed by atoms with Gasteiger partial charge in [-0.1, -0.05) is 36.4 Å². The number of anilines is 1. The Kier molecular flexibility index (Phi) is 11.7.